The molecule has 8 aromatic rings. The van der Waals surface area contributed by atoms with Crippen LogP contribution in [0.5, 0.6) is 0 Å². The molecular formula is C33H15F5N2. The summed E-state index contributed by atoms with van der Waals surface area (Å²) in [4.78, 5) is 4.50. The van der Waals surface area contributed by atoms with Gasteiger partial charge in [0.05, 0.1) is 16.6 Å². The quantitative estimate of drug-likeness (QED) is 0.0935. The Labute approximate surface area is 222 Å². The molecule has 0 saturated heterocycles. The minimum atomic E-state index is -2.20. The van der Waals surface area contributed by atoms with E-state index in [0.29, 0.717) is 10.9 Å². The van der Waals surface area contributed by atoms with Crippen molar-refractivity contribution in [2.45, 2.75) is 0 Å². The highest BCUT2D eigenvalue weighted by Crippen LogP contribution is 2.45. The second kappa shape index (κ2) is 7.99. The molecule has 2 aromatic heterocycles. The van der Waals surface area contributed by atoms with E-state index in [2.05, 4.69) is 17.1 Å². The van der Waals surface area contributed by atoms with Crippen LogP contribution >= 0.6 is 0 Å². The third kappa shape index (κ3) is 2.84. The molecule has 40 heavy (non-hydrogen) atoms. The second-order valence-electron chi connectivity index (χ2n) is 9.80. The highest BCUT2D eigenvalue weighted by atomic mass is 19.2. The summed E-state index contributed by atoms with van der Waals surface area (Å²) in [6.07, 6.45) is 1.54. The van der Waals surface area contributed by atoms with Crippen molar-refractivity contribution in [1.82, 2.24) is 9.55 Å². The van der Waals surface area contributed by atoms with E-state index in [-0.39, 0.29) is 11.0 Å². The van der Waals surface area contributed by atoms with E-state index in [4.69, 9.17) is 0 Å². The lowest BCUT2D eigenvalue weighted by Gasteiger charge is -2.16. The minimum Gasteiger partial charge on any atom is -0.302 e. The lowest BCUT2D eigenvalue weighted by atomic mass is 9.89. The Hall–Kier alpha value is -5.04. The van der Waals surface area contributed by atoms with Gasteiger partial charge >= 0.3 is 0 Å². The van der Waals surface area contributed by atoms with Gasteiger partial charge in [-0.1, -0.05) is 66.7 Å². The summed E-state index contributed by atoms with van der Waals surface area (Å²) in [5, 5.41) is 6.10. The van der Waals surface area contributed by atoms with Crippen LogP contribution in [0.1, 0.15) is 0 Å². The zero-order chi connectivity index (χ0) is 27.3. The SMILES string of the molecule is Fc1c(F)c(F)c(-n2c3cccnc3c3c4ccc5ccc(-c6ccccc6)c6ccc(cc32)c4c56)c(F)c1F. The number of pyridine rings is 1. The van der Waals surface area contributed by atoms with Crippen LogP contribution in [0.2, 0.25) is 0 Å². The first-order valence-corrected chi connectivity index (χ1v) is 12.5. The summed E-state index contributed by atoms with van der Waals surface area (Å²) in [6, 6.07) is 26.8. The summed E-state index contributed by atoms with van der Waals surface area (Å²) in [7, 11) is 0. The topological polar surface area (TPSA) is 17.8 Å². The Kier molecular flexibility index (Phi) is 4.57. The summed E-state index contributed by atoms with van der Waals surface area (Å²) < 4.78 is 74.1. The maximum atomic E-state index is 15.2. The molecule has 7 heteroatoms. The van der Waals surface area contributed by atoms with Crippen LogP contribution in [-0.4, -0.2) is 9.55 Å². The number of rotatable bonds is 2. The number of aromatic nitrogens is 2. The molecular weight excluding hydrogens is 519 g/mol. The first kappa shape index (κ1) is 22.9. The van der Waals surface area contributed by atoms with Crippen LogP contribution in [0, 0.1) is 29.1 Å². The molecule has 2 heterocycles. The number of halogens is 5. The third-order valence-electron chi connectivity index (χ3n) is 7.76. The maximum Gasteiger partial charge on any atom is 0.200 e. The van der Waals surface area contributed by atoms with Crippen LogP contribution in [0.15, 0.2) is 91.1 Å². The highest BCUT2D eigenvalue weighted by molar-refractivity contribution is 6.33. The Morgan fingerprint density at radius 1 is 0.525 bits per heavy atom. The molecule has 6 aromatic carbocycles. The molecule has 0 aliphatic heterocycles. The van der Waals surface area contributed by atoms with Gasteiger partial charge < -0.3 is 4.57 Å². The van der Waals surface area contributed by atoms with Gasteiger partial charge in [0.2, 0.25) is 5.82 Å². The Morgan fingerprint density at radius 2 is 1.18 bits per heavy atom. The lowest BCUT2D eigenvalue weighted by Crippen LogP contribution is -2.09. The second-order valence-corrected chi connectivity index (χ2v) is 9.80. The van der Waals surface area contributed by atoms with Crippen molar-refractivity contribution < 1.29 is 22.0 Å². The van der Waals surface area contributed by atoms with E-state index in [1.54, 1.807) is 18.2 Å². The molecule has 0 spiro atoms. The number of hydrogen-bond acceptors (Lipinski definition) is 1. The average Bonchev–Trinajstić information content (AvgIpc) is 3.32. The van der Waals surface area contributed by atoms with E-state index < -0.39 is 34.8 Å². The number of fused-ring (bicyclic) bond motifs is 4. The van der Waals surface area contributed by atoms with Gasteiger partial charge in [-0.3, -0.25) is 4.98 Å². The van der Waals surface area contributed by atoms with Gasteiger partial charge in [-0.05, 0) is 61.6 Å². The number of nitrogens with zero attached hydrogens (tertiary/aromatic N) is 2. The van der Waals surface area contributed by atoms with Crippen molar-refractivity contribution in [1.29, 1.82) is 0 Å². The molecule has 0 bridgehead atoms. The third-order valence-corrected chi connectivity index (χ3v) is 7.76. The van der Waals surface area contributed by atoms with E-state index in [1.807, 2.05) is 54.6 Å². The fourth-order valence-electron chi connectivity index (χ4n) is 6.09. The Bertz CT molecular complexity index is 2290. The Morgan fingerprint density at radius 3 is 1.95 bits per heavy atom. The van der Waals surface area contributed by atoms with Gasteiger partial charge in [-0.2, -0.15) is 0 Å². The first-order chi connectivity index (χ1) is 19.5. The lowest BCUT2D eigenvalue weighted by molar-refractivity contribution is 0.376. The molecule has 2 nitrogen and oxygen atoms in total. The van der Waals surface area contributed by atoms with Gasteiger partial charge in [-0.25, -0.2) is 22.0 Å². The van der Waals surface area contributed by atoms with Gasteiger partial charge in [0.1, 0.15) is 5.69 Å². The molecule has 0 N–H and O–H groups in total. The Balaban J connectivity index is 1.58. The van der Waals surface area contributed by atoms with Crippen LogP contribution in [0.3, 0.4) is 0 Å². The van der Waals surface area contributed by atoms with Crippen LogP contribution in [0.4, 0.5) is 22.0 Å². The van der Waals surface area contributed by atoms with Crippen LogP contribution in [-0.2, 0) is 0 Å². The largest absolute Gasteiger partial charge is 0.302 e. The van der Waals surface area contributed by atoms with Crippen molar-refractivity contribution >= 4 is 54.3 Å². The molecule has 0 unspecified atom stereocenters. The summed E-state index contributed by atoms with van der Waals surface area (Å²) in [5.74, 6) is -10.0. The van der Waals surface area contributed by atoms with E-state index >= 15 is 8.78 Å². The van der Waals surface area contributed by atoms with E-state index in [9.17, 15) is 13.2 Å². The van der Waals surface area contributed by atoms with Crippen molar-refractivity contribution in [3.8, 4) is 16.8 Å². The summed E-state index contributed by atoms with van der Waals surface area (Å²) in [6.45, 7) is 0. The molecule has 0 aliphatic rings. The fraction of sp³-hybridized carbons (Fsp3) is 0. The molecule has 0 fully saturated rings. The predicted octanol–water partition coefficient (Wildman–Crippen LogP) is 9.44. The molecule has 0 radical (unpaired) electrons. The smallest absolute Gasteiger partial charge is 0.200 e. The number of hydrogen-bond donors (Lipinski definition) is 0. The fourth-order valence-corrected chi connectivity index (χ4v) is 6.09. The van der Waals surface area contributed by atoms with Gasteiger partial charge in [0.25, 0.3) is 0 Å². The molecule has 192 valence electrons. The molecule has 0 aliphatic carbocycles. The molecule has 0 atom stereocenters. The maximum absolute atomic E-state index is 15.2. The van der Waals surface area contributed by atoms with Crippen molar-refractivity contribution in [3.05, 3.63) is 120 Å². The molecule has 8 rings (SSSR count). The van der Waals surface area contributed by atoms with Gasteiger partial charge in [0.15, 0.2) is 23.3 Å². The monoisotopic (exact) mass is 534 g/mol. The minimum absolute atomic E-state index is 0.223. The van der Waals surface area contributed by atoms with Crippen molar-refractivity contribution in [3.63, 3.8) is 0 Å². The van der Waals surface area contributed by atoms with Gasteiger partial charge in [0, 0.05) is 11.6 Å². The zero-order valence-corrected chi connectivity index (χ0v) is 20.4. The van der Waals surface area contributed by atoms with E-state index in [1.165, 1.54) is 6.20 Å². The first-order valence-electron chi connectivity index (χ1n) is 12.5. The van der Waals surface area contributed by atoms with Crippen molar-refractivity contribution in [2.24, 2.45) is 0 Å². The standard InChI is InChI=1S/C33H15F5N2/c34-27-28(35)30(37)33(31(38)29(27)36)40-22-7-4-14-39-32(22)26-21-13-9-17-8-11-19(16-5-2-1-3-6-16)20-12-10-18(15-23(26)40)25(21)24(17)20/h1-15H. The highest BCUT2D eigenvalue weighted by Gasteiger charge is 2.30. The summed E-state index contributed by atoms with van der Waals surface area (Å²) >= 11 is 0. The van der Waals surface area contributed by atoms with Crippen LogP contribution in [0.25, 0.3) is 71.1 Å². The van der Waals surface area contributed by atoms with E-state index in [0.717, 1.165) is 48.0 Å². The zero-order valence-electron chi connectivity index (χ0n) is 20.4. The predicted molar refractivity (Wildman–Crippen MR) is 148 cm³/mol. The number of benzene rings is 6. The van der Waals surface area contributed by atoms with Crippen molar-refractivity contribution in [2.75, 3.05) is 0 Å². The average molecular weight is 534 g/mol. The molecule has 0 amide bonds. The van der Waals surface area contributed by atoms with Crippen LogP contribution < -0.4 is 0 Å². The molecule has 0 saturated carbocycles. The van der Waals surface area contributed by atoms with Gasteiger partial charge in [-0.15, -0.1) is 0 Å². The summed E-state index contributed by atoms with van der Waals surface area (Å²) in [5.41, 5.74) is 1.98. The normalized spacial score (nSPS) is 12.1.